The Morgan fingerprint density at radius 2 is 1.47 bits per heavy atom. The lowest BCUT2D eigenvalue weighted by Gasteiger charge is -2.04. The molecule has 2 nitrogen and oxygen atoms in total. The van der Waals surface area contributed by atoms with Gasteiger partial charge in [-0.3, -0.25) is 0 Å². The highest BCUT2D eigenvalue weighted by Gasteiger charge is 2.30. The molecule has 17 heavy (non-hydrogen) atoms. The lowest BCUT2D eigenvalue weighted by Crippen LogP contribution is -2.23. The van der Waals surface area contributed by atoms with E-state index in [0.717, 1.165) is 17.8 Å². The molecule has 0 bridgehead atoms. The first-order valence-electron chi connectivity index (χ1n) is 6.82. The van der Waals surface area contributed by atoms with Gasteiger partial charge in [-0.25, -0.2) is 0 Å². The lowest BCUT2D eigenvalue weighted by molar-refractivity contribution is 0.488. The first kappa shape index (κ1) is 12.3. The van der Waals surface area contributed by atoms with E-state index < -0.39 is 0 Å². The molecule has 1 aliphatic heterocycles. The van der Waals surface area contributed by atoms with Crippen molar-refractivity contribution in [2.75, 3.05) is 0 Å². The highest BCUT2D eigenvalue weighted by atomic mass is 16.6. The summed E-state index contributed by atoms with van der Waals surface area (Å²) in [5, 5.41) is 0. The van der Waals surface area contributed by atoms with E-state index in [0.29, 0.717) is 0 Å². The fraction of sp³-hybridized carbons (Fsp3) is 0.571. The van der Waals surface area contributed by atoms with E-state index in [2.05, 4.69) is 6.92 Å². The van der Waals surface area contributed by atoms with Gasteiger partial charge in [0.1, 0.15) is 11.5 Å². The highest BCUT2D eigenvalue weighted by molar-refractivity contribution is 6.47. The monoisotopic (exact) mass is 232 g/mol. The largest absolute Gasteiger partial charge is 0.594 e. The number of unbranched alkanes of at least 4 members (excludes halogenated alkanes) is 5. The van der Waals surface area contributed by atoms with Crippen molar-refractivity contribution < 1.29 is 9.31 Å². The van der Waals surface area contributed by atoms with Crippen LogP contribution in [-0.4, -0.2) is 7.12 Å². The maximum Gasteiger partial charge on any atom is 0.594 e. The van der Waals surface area contributed by atoms with Crippen LogP contribution < -0.4 is 9.31 Å². The summed E-state index contributed by atoms with van der Waals surface area (Å²) < 4.78 is 11.4. The van der Waals surface area contributed by atoms with E-state index in [-0.39, 0.29) is 7.12 Å². The smallest absolute Gasteiger partial charge is 0.523 e. The Morgan fingerprint density at radius 3 is 2.12 bits per heavy atom. The minimum absolute atomic E-state index is 0.0569. The quantitative estimate of drug-likeness (QED) is 0.515. The van der Waals surface area contributed by atoms with Gasteiger partial charge < -0.3 is 9.31 Å². The van der Waals surface area contributed by atoms with E-state index in [1.54, 1.807) is 0 Å². The zero-order valence-corrected chi connectivity index (χ0v) is 10.7. The minimum Gasteiger partial charge on any atom is -0.523 e. The van der Waals surface area contributed by atoms with Gasteiger partial charge in [0.05, 0.1) is 0 Å². The van der Waals surface area contributed by atoms with E-state index in [4.69, 9.17) is 9.31 Å². The minimum atomic E-state index is -0.0569. The van der Waals surface area contributed by atoms with E-state index in [9.17, 15) is 0 Å². The van der Waals surface area contributed by atoms with Crippen LogP contribution in [0.1, 0.15) is 45.4 Å². The van der Waals surface area contributed by atoms with Gasteiger partial charge in [0.25, 0.3) is 0 Å². The molecule has 0 saturated carbocycles. The first-order chi connectivity index (χ1) is 8.40. The van der Waals surface area contributed by atoms with Crippen molar-refractivity contribution >= 4 is 7.12 Å². The number of rotatable bonds is 7. The average Bonchev–Trinajstić information content (AvgIpc) is 2.76. The molecule has 3 heteroatoms. The Kier molecular flexibility index (Phi) is 4.78. The second kappa shape index (κ2) is 6.58. The fourth-order valence-electron chi connectivity index (χ4n) is 2.16. The number of hydrogen-bond acceptors (Lipinski definition) is 2. The topological polar surface area (TPSA) is 18.5 Å². The van der Waals surface area contributed by atoms with Crippen LogP contribution in [0.4, 0.5) is 0 Å². The summed E-state index contributed by atoms with van der Waals surface area (Å²) in [5.74, 6) is 1.78. The van der Waals surface area contributed by atoms with Gasteiger partial charge in [-0.2, -0.15) is 0 Å². The molecular weight excluding hydrogens is 211 g/mol. The van der Waals surface area contributed by atoms with E-state index in [1.165, 1.54) is 38.5 Å². The maximum absolute atomic E-state index is 5.71. The SMILES string of the molecule is CCCCCCCCB1Oc2ccccc2O1. The Hall–Kier alpha value is -1.12. The van der Waals surface area contributed by atoms with E-state index >= 15 is 0 Å². The van der Waals surface area contributed by atoms with Crippen molar-refractivity contribution in [1.82, 2.24) is 0 Å². The third-order valence-corrected chi connectivity index (χ3v) is 3.16. The van der Waals surface area contributed by atoms with Crippen LogP contribution in [0.3, 0.4) is 0 Å². The summed E-state index contributed by atoms with van der Waals surface area (Å²) in [7, 11) is -0.0569. The summed E-state index contributed by atoms with van der Waals surface area (Å²) in [6, 6.07) is 7.90. The molecule has 0 radical (unpaired) electrons. The predicted octanol–water partition coefficient (Wildman–Crippen LogP) is 4.31. The molecule has 0 spiro atoms. The molecule has 2 rings (SSSR count). The van der Waals surface area contributed by atoms with Crippen molar-refractivity contribution in [3.63, 3.8) is 0 Å². The number of benzene rings is 1. The van der Waals surface area contributed by atoms with Gasteiger partial charge >= 0.3 is 7.12 Å². The molecule has 0 amide bonds. The molecule has 0 saturated heterocycles. The number of para-hydroxylation sites is 2. The summed E-state index contributed by atoms with van der Waals surface area (Å²) in [4.78, 5) is 0. The third-order valence-electron chi connectivity index (χ3n) is 3.16. The molecule has 0 fully saturated rings. The highest BCUT2D eigenvalue weighted by Crippen LogP contribution is 2.33. The van der Waals surface area contributed by atoms with Gasteiger partial charge in [-0.05, 0) is 12.1 Å². The van der Waals surface area contributed by atoms with Crippen LogP contribution in [0.2, 0.25) is 6.32 Å². The van der Waals surface area contributed by atoms with Crippen molar-refractivity contribution in [3.05, 3.63) is 24.3 Å². The summed E-state index contributed by atoms with van der Waals surface area (Å²) in [5.41, 5.74) is 0. The molecule has 1 aromatic carbocycles. The van der Waals surface area contributed by atoms with Crippen LogP contribution in [0.15, 0.2) is 24.3 Å². The summed E-state index contributed by atoms with van der Waals surface area (Å²) in [6.07, 6.45) is 8.87. The zero-order valence-electron chi connectivity index (χ0n) is 10.7. The van der Waals surface area contributed by atoms with Crippen molar-refractivity contribution in [2.45, 2.75) is 51.8 Å². The normalized spacial score (nSPS) is 13.1. The molecule has 1 aliphatic rings. The molecule has 1 heterocycles. The van der Waals surface area contributed by atoms with Gasteiger partial charge in [0, 0.05) is 6.32 Å². The van der Waals surface area contributed by atoms with Gasteiger partial charge in [-0.1, -0.05) is 57.6 Å². The Balaban J connectivity index is 1.60. The molecular formula is C14H21BO2. The van der Waals surface area contributed by atoms with Gasteiger partial charge in [0.15, 0.2) is 0 Å². The standard InChI is InChI=1S/C14H21BO2/c1-2-3-4-5-6-9-12-15-16-13-10-7-8-11-14(13)17-15/h7-8,10-11H,2-6,9,12H2,1H3. The average molecular weight is 232 g/mol. The van der Waals surface area contributed by atoms with Crippen LogP contribution in [-0.2, 0) is 0 Å². The number of hydrogen-bond donors (Lipinski definition) is 0. The number of fused-ring (bicyclic) bond motifs is 1. The predicted molar refractivity (Wildman–Crippen MR) is 71.6 cm³/mol. The first-order valence-corrected chi connectivity index (χ1v) is 6.82. The lowest BCUT2D eigenvalue weighted by atomic mass is 9.82. The molecule has 0 aromatic heterocycles. The second-order valence-electron chi connectivity index (χ2n) is 4.67. The molecule has 0 aliphatic carbocycles. The molecule has 0 unspecified atom stereocenters. The van der Waals surface area contributed by atoms with Crippen molar-refractivity contribution in [3.8, 4) is 11.5 Å². The van der Waals surface area contributed by atoms with Gasteiger partial charge in [-0.15, -0.1) is 0 Å². The van der Waals surface area contributed by atoms with Crippen LogP contribution in [0.5, 0.6) is 11.5 Å². The van der Waals surface area contributed by atoms with Crippen LogP contribution >= 0.6 is 0 Å². The van der Waals surface area contributed by atoms with Gasteiger partial charge in [0.2, 0.25) is 0 Å². The van der Waals surface area contributed by atoms with Crippen molar-refractivity contribution in [2.24, 2.45) is 0 Å². The van der Waals surface area contributed by atoms with Crippen molar-refractivity contribution in [1.29, 1.82) is 0 Å². The molecule has 0 N–H and O–H groups in total. The van der Waals surface area contributed by atoms with Crippen LogP contribution in [0.25, 0.3) is 0 Å². The summed E-state index contributed by atoms with van der Waals surface area (Å²) in [6.45, 7) is 2.25. The molecule has 0 atom stereocenters. The Bertz CT molecular complexity index is 316. The molecule has 1 aromatic rings. The Morgan fingerprint density at radius 1 is 0.882 bits per heavy atom. The zero-order chi connectivity index (χ0) is 11.9. The van der Waals surface area contributed by atoms with E-state index in [1.807, 2.05) is 24.3 Å². The molecule has 92 valence electrons. The fourth-order valence-corrected chi connectivity index (χ4v) is 2.16. The Labute approximate surface area is 104 Å². The van der Waals surface area contributed by atoms with Crippen LogP contribution in [0, 0.1) is 0 Å². The maximum atomic E-state index is 5.71. The second-order valence-corrected chi connectivity index (χ2v) is 4.67. The summed E-state index contributed by atoms with van der Waals surface area (Å²) >= 11 is 0. The third kappa shape index (κ3) is 3.69.